The minimum absolute atomic E-state index is 0.310. The second kappa shape index (κ2) is 14.7. The minimum Gasteiger partial charge on any atom is -0.378 e. The van der Waals surface area contributed by atoms with E-state index >= 15 is 0 Å². The highest BCUT2D eigenvalue weighted by Gasteiger charge is 2.35. The van der Waals surface area contributed by atoms with Gasteiger partial charge in [0, 0.05) is 0 Å². The Labute approximate surface area is 222 Å². The van der Waals surface area contributed by atoms with Crippen LogP contribution >= 0.6 is 0 Å². The summed E-state index contributed by atoms with van der Waals surface area (Å²) in [6.07, 6.45) is -1.27. The Hall–Kier alpha value is -2.98. The molecule has 1 N–H and O–H groups in total. The highest BCUT2D eigenvalue weighted by molar-refractivity contribution is 6.83. The Morgan fingerprint density at radius 1 is 0.703 bits per heavy atom. The van der Waals surface area contributed by atoms with Crippen molar-refractivity contribution in [1.29, 1.82) is 0 Å². The van der Waals surface area contributed by atoms with E-state index in [1.54, 1.807) is 6.08 Å². The summed E-state index contributed by atoms with van der Waals surface area (Å²) in [6.45, 7) is 11.5. The van der Waals surface area contributed by atoms with E-state index in [0.29, 0.717) is 19.8 Å². The van der Waals surface area contributed by atoms with Gasteiger partial charge in [-0.3, -0.25) is 0 Å². The normalized spacial score (nSPS) is 14.6. The van der Waals surface area contributed by atoms with Crippen LogP contribution in [0.4, 0.5) is 0 Å². The van der Waals surface area contributed by atoms with E-state index < -0.39 is 32.5 Å². The molecule has 37 heavy (non-hydrogen) atoms. The van der Waals surface area contributed by atoms with Crippen LogP contribution in [0, 0.1) is 11.5 Å². The molecule has 0 amide bonds. The van der Waals surface area contributed by atoms with Crippen LogP contribution in [0.3, 0.4) is 0 Å². The van der Waals surface area contributed by atoms with Gasteiger partial charge in [-0.1, -0.05) is 123 Å². The van der Waals surface area contributed by atoms with E-state index in [0.717, 1.165) is 16.7 Å². The zero-order chi connectivity index (χ0) is 26.5. The fourth-order valence-corrected chi connectivity index (χ4v) is 4.29. The summed E-state index contributed by atoms with van der Waals surface area (Å²) in [5.74, 6) is 3.06. The summed E-state index contributed by atoms with van der Waals surface area (Å²) in [5, 5.41) is 11.3. The molecule has 0 fully saturated rings. The summed E-state index contributed by atoms with van der Waals surface area (Å²) in [4.78, 5) is 0. The van der Waals surface area contributed by atoms with Crippen LogP contribution < -0.4 is 0 Å². The standard InChI is InChI=1S/C32H38O4Si/c1-5-30(34-23-26-15-9-6-10-16-26)32(36-25-28-19-13-8-14-20-28)31(29(33)21-22-37(2,3)4)35-24-27-17-11-7-12-18-27/h5-20,29-33H,1,23-25H2,2-4H3/t29-,30+,31+,32+/m1/s1. The van der Waals surface area contributed by atoms with Crippen LogP contribution in [-0.2, 0) is 34.0 Å². The number of hydrogen-bond acceptors (Lipinski definition) is 4. The third-order valence-electron chi connectivity index (χ3n) is 5.64. The van der Waals surface area contributed by atoms with Gasteiger partial charge < -0.3 is 19.3 Å². The third kappa shape index (κ3) is 10.1. The van der Waals surface area contributed by atoms with Crippen molar-refractivity contribution in [1.82, 2.24) is 0 Å². The summed E-state index contributed by atoms with van der Waals surface area (Å²) in [7, 11) is -1.72. The smallest absolute Gasteiger partial charge is 0.142 e. The van der Waals surface area contributed by atoms with Crippen molar-refractivity contribution in [2.24, 2.45) is 0 Å². The molecule has 0 aromatic heterocycles. The Bertz CT molecular complexity index is 1120. The zero-order valence-corrected chi connectivity index (χ0v) is 23.0. The second-order valence-electron chi connectivity index (χ2n) is 9.98. The second-order valence-corrected chi connectivity index (χ2v) is 14.7. The quantitative estimate of drug-likeness (QED) is 0.168. The largest absolute Gasteiger partial charge is 0.378 e. The van der Waals surface area contributed by atoms with Gasteiger partial charge in [0.05, 0.1) is 19.8 Å². The molecular weight excluding hydrogens is 476 g/mol. The van der Waals surface area contributed by atoms with E-state index in [1.165, 1.54) is 0 Å². The van der Waals surface area contributed by atoms with Crippen molar-refractivity contribution in [3.8, 4) is 11.5 Å². The van der Waals surface area contributed by atoms with Gasteiger partial charge in [0.2, 0.25) is 0 Å². The highest BCUT2D eigenvalue weighted by Crippen LogP contribution is 2.21. The van der Waals surface area contributed by atoms with E-state index in [1.807, 2.05) is 91.0 Å². The van der Waals surface area contributed by atoms with Crippen LogP contribution in [0.15, 0.2) is 104 Å². The van der Waals surface area contributed by atoms with Gasteiger partial charge in [-0.05, 0) is 16.7 Å². The summed E-state index contributed by atoms with van der Waals surface area (Å²) in [6, 6.07) is 29.8. The first kappa shape index (κ1) is 28.6. The fraction of sp³-hybridized carbons (Fsp3) is 0.312. The molecular formula is C32H38O4Si. The SMILES string of the molecule is C=C[C@H](OCc1ccccc1)[C@H](OCc1ccccc1)[C@@H](OCc1ccccc1)[C@H](O)C#C[Si](C)(C)C. The molecule has 0 heterocycles. The molecule has 3 aromatic carbocycles. The zero-order valence-electron chi connectivity index (χ0n) is 22.0. The summed E-state index contributed by atoms with van der Waals surface area (Å²) >= 11 is 0. The van der Waals surface area contributed by atoms with Crippen LogP contribution in [0.2, 0.25) is 19.6 Å². The number of benzene rings is 3. The molecule has 4 nitrogen and oxygen atoms in total. The molecule has 0 aliphatic carbocycles. The van der Waals surface area contributed by atoms with Crippen molar-refractivity contribution in [2.45, 2.75) is 63.9 Å². The fourth-order valence-electron chi connectivity index (χ4n) is 3.71. The Morgan fingerprint density at radius 3 is 1.51 bits per heavy atom. The molecule has 0 bridgehead atoms. The number of hydrogen-bond donors (Lipinski definition) is 1. The van der Waals surface area contributed by atoms with Crippen molar-refractivity contribution in [2.75, 3.05) is 0 Å². The molecule has 0 saturated carbocycles. The van der Waals surface area contributed by atoms with Crippen LogP contribution in [-0.4, -0.2) is 37.6 Å². The van der Waals surface area contributed by atoms with Gasteiger partial charge in [0.25, 0.3) is 0 Å². The number of ether oxygens (including phenoxy) is 3. The Kier molecular flexibility index (Phi) is 11.3. The molecule has 3 rings (SSSR count). The van der Waals surface area contributed by atoms with Gasteiger partial charge in [-0.2, -0.15) is 0 Å². The molecule has 0 unspecified atom stereocenters. The van der Waals surface area contributed by atoms with Crippen LogP contribution in [0.5, 0.6) is 0 Å². The van der Waals surface area contributed by atoms with Gasteiger partial charge in [0.1, 0.15) is 32.5 Å². The van der Waals surface area contributed by atoms with Gasteiger partial charge in [-0.25, -0.2) is 0 Å². The van der Waals surface area contributed by atoms with Crippen molar-refractivity contribution in [3.63, 3.8) is 0 Å². The van der Waals surface area contributed by atoms with Crippen molar-refractivity contribution < 1.29 is 19.3 Å². The molecule has 194 valence electrons. The lowest BCUT2D eigenvalue weighted by molar-refractivity contribution is -0.159. The first-order chi connectivity index (χ1) is 17.9. The summed E-state index contributed by atoms with van der Waals surface area (Å²) in [5.41, 5.74) is 6.34. The topological polar surface area (TPSA) is 47.9 Å². The van der Waals surface area contributed by atoms with Gasteiger partial charge >= 0.3 is 0 Å². The third-order valence-corrected chi connectivity index (χ3v) is 6.54. The average molecular weight is 515 g/mol. The van der Waals surface area contributed by atoms with Gasteiger partial charge in [-0.15, -0.1) is 12.1 Å². The first-order valence-electron chi connectivity index (χ1n) is 12.7. The Balaban J connectivity index is 1.89. The van der Waals surface area contributed by atoms with E-state index in [4.69, 9.17) is 14.2 Å². The number of rotatable bonds is 13. The van der Waals surface area contributed by atoms with Gasteiger partial charge in [0.15, 0.2) is 0 Å². The summed E-state index contributed by atoms with van der Waals surface area (Å²) < 4.78 is 19.1. The molecule has 3 aromatic rings. The minimum atomic E-state index is -1.72. The molecule has 5 heteroatoms. The van der Waals surface area contributed by atoms with Crippen molar-refractivity contribution in [3.05, 3.63) is 120 Å². The number of aliphatic hydroxyl groups excluding tert-OH is 1. The maximum absolute atomic E-state index is 11.3. The molecule has 0 radical (unpaired) electrons. The van der Waals surface area contributed by atoms with E-state index in [2.05, 4.69) is 37.7 Å². The molecule has 0 aliphatic heterocycles. The lowest BCUT2D eigenvalue weighted by atomic mass is 10.0. The molecule has 0 spiro atoms. The average Bonchev–Trinajstić information content (AvgIpc) is 2.91. The lowest BCUT2D eigenvalue weighted by Gasteiger charge is -2.33. The predicted molar refractivity (Wildman–Crippen MR) is 152 cm³/mol. The monoisotopic (exact) mass is 514 g/mol. The lowest BCUT2D eigenvalue weighted by Crippen LogP contribution is -2.47. The maximum atomic E-state index is 11.3. The highest BCUT2D eigenvalue weighted by atomic mass is 28.3. The van der Waals surface area contributed by atoms with Crippen LogP contribution in [0.1, 0.15) is 16.7 Å². The Morgan fingerprint density at radius 2 is 1.11 bits per heavy atom. The maximum Gasteiger partial charge on any atom is 0.142 e. The van der Waals surface area contributed by atoms with Crippen LogP contribution in [0.25, 0.3) is 0 Å². The van der Waals surface area contributed by atoms with E-state index in [-0.39, 0.29) is 0 Å². The number of aliphatic hydroxyl groups is 1. The molecule has 0 saturated heterocycles. The predicted octanol–water partition coefficient (Wildman–Crippen LogP) is 6.17. The molecule has 4 atom stereocenters. The molecule has 0 aliphatic rings. The van der Waals surface area contributed by atoms with Crippen molar-refractivity contribution >= 4 is 8.07 Å². The van der Waals surface area contributed by atoms with E-state index in [9.17, 15) is 5.11 Å². The first-order valence-corrected chi connectivity index (χ1v) is 16.2.